The molecule has 0 unspecified atom stereocenters. The number of H-pyrrole nitrogens is 1. The van der Waals surface area contributed by atoms with Gasteiger partial charge in [0.1, 0.15) is 0 Å². The second-order valence-corrected chi connectivity index (χ2v) is 2.89. The number of imidazole rings is 1. The van der Waals surface area contributed by atoms with Gasteiger partial charge in [-0.1, -0.05) is 18.7 Å². The van der Waals surface area contributed by atoms with Gasteiger partial charge in [0.15, 0.2) is 4.77 Å². The summed E-state index contributed by atoms with van der Waals surface area (Å²) in [5.74, 6) is 0. The van der Waals surface area contributed by atoms with E-state index in [-0.39, 0.29) is 0 Å². The number of hydrogen-bond acceptors (Lipinski definition) is 1. The summed E-state index contributed by atoms with van der Waals surface area (Å²) >= 11 is 5.09. The van der Waals surface area contributed by atoms with Crippen LogP contribution >= 0.6 is 12.2 Å². The van der Waals surface area contributed by atoms with Crippen LogP contribution in [0.2, 0.25) is 0 Å². The molecule has 2 nitrogen and oxygen atoms in total. The number of para-hydroxylation sites is 2. The van der Waals surface area contributed by atoms with Gasteiger partial charge in [-0.25, -0.2) is 0 Å². The van der Waals surface area contributed by atoms with Crippen molar-refractivity contribution in [3.63, 3.8) is 0 Å². The molecule has 60 valence electrons. The molecule has 0 saturated heterocycles. The Balaban J connectivity index is 3.00. The summed E-state index contributed by atoms with van der Waals surface area (Å²) in [5.41, 5.74) is 2.11. The van der Waals surface area contributed by atoms with Crippen LogP contribution in [0.1, 0.15) is 0 Å². The molecule has 0 fully saturated rings. The fraction of sp³-hybridized carbons (Fsp3) is 0. The van der Waals surface area contributed by atoms with E-state index in [0.29, 0.717) is 4.77 Å². The van der Waals surface area contributed by atoms with Gasteiger partial charge >= 0.3 is 0 Å². The highest BCUT2D eigenvalue weighted by molar-refractivity contribution is 7.71. The first-order valence-electron chi connectivity index (χ1n) is 3.65. The molecule has 1 aromatic heterocycles. The lowest BCUT2D eigenvalue weighted by Gasteiger charge is -1.92. The van der Waals surface area contributed by atoms with Crippen molar-refractivity contribution in [3.05, 3.63) is 35.6 Å². The first-order valence-corrected chi connectivity index (χ1v) is 4.05. The molecule has 3 heteroatoms. The van der Waals surface area contributed by atoms with Crippen LogP contribution in [0.15, 0.2) is 30.8 Å². The number of nitrogens with one attached hydrogen (secondary N) is 1. The van der Waals surface area contributed by atoms with Gasteiger partial charge < -0.3 is 4.98 Å². The molecule has 0 aliphatic heterocycles. The number of hydrogen-bond donors (Lipinski definition) is 1. The minimum absolute atomic E-state index is 0.686. The highest BCUT2D eigenvalue weighted by atomic mass is 32.1. The van der Waals surface area contributed by atoms with Gasteiger partial charge in [0, 0.05) is 6.20 Å². The van der Waals surface area contributed by atoms with E-state index in [2.05, 4.69) is 11.6 Å². The van der Waals surface area contributed by atoms with E-state index in [9.17, 15) is 0 Å². The van der Waals surface area contributed by atoms with Gasteiger partial charge in [-0.3, -0.25) is 4.57 Å². The number of fused-ring (bicyclic) bond motifs is 1. The van der Waals surface area contributed by atoms with Crippen LogP contribution in [-0.4, -0.2) is 9.55 Å². The van der Waals surface area contributed by atoms with Crippen LogP contribution in [0.5, 0.6) is 0 Å². The number of aromatic amines is 1. The third-order valence-electron chi connectivity index (χ3n) is 1.81. The van der Waals surface area contributed by atoms with Crippen LogP contribution in [0.25, 0.3) is 17.2 Å². The van der Waals surface area contributed by atoms with Gasteiger partial charge in [-0.15, -0.1) is 0 Å². The minimum Gasteiger partial charge on any atom is -0.330 e. The molecule has 12 heavy (non-hydrogen) atoms. The van der Waals surface area contributed by atoms with E-state index in [1.54, 1.807) is 6.20 Å². The monoisotopic (exact) mass is 176 g/mol. The van der Waals surface area contributed by atoms with Crippen LogP contribution in [0, 0.1) is 4.77 Å². The summed E-state index contributed by atoms with van der Waals surface area (Å²) in [6.45, 7) is 3.69. The molecule has 2 rings (SSSR count). The summed E-state index contributed by atoms with van der Waals surface area (Å²) in [4.78, 5) is 3.08. The van der Waals surface area contributed by atoms with Crippen molar-refractivity contribution < 1.29 is 0 Å². The molecule has 1 aromatic carbocycles. The fourth-order valence-corrected chi connectivity index (χ4v) is 1.54. The smallest absolute Gasteiger partial charge is 0.182 e. The number of aromatic nitrogens is 2. The third kappa shape index (κ3) is 0.905. The Kier molecular flexibility index (Phi) is 1.59. The Hall–Kier alpha value is -1.35. The van der Waals surface area contributed by atoms with Crippen molar-refractivity contribution in [1.82, 2.24) is 9.55 Å². The maximum atomic E-state index is 5.09. The number of nitrogens with zero attached hydrogens (tertiary/aromatic N) is 1. The molecule has 0 radical (unpaired) electrons. The highest BCUT2D eigenvalue weighted by Gasteiger charge is 1.98. The van der Waals surface area contributed by atoms with Gasteiger partial charge in [0.05, 0.1) is 11.0 Å². The van der Waals surface area contributed by atoms with Gasteiger partial charge in [0.2, 0.25) is 0 Å². The molecule has 0 bridgehead atoms. The zero-order valence-corrected chi connectivity index (χ0v) is 7.27. The van der Waals surface area contributed by atoms with Crippen molar-refractivity contribution >= 4 is 29.5 Å². The van der Waals surface area contributed by atoms with Crippen LogP contribution < -0.4 is 0 Å². The predicted molar refractivity (Wildman–Crippen MR) is 53.5 cm³/mol. The van der Waals surface area contributed by atoms with Crippen molar-refractivity contribution in [2.24, 2.45) is 0 Å². The summed E-state index contributed by atoms with van der Waals surface area (Å²) < 4.78 is 2.54. The predicted octanol–water partition coefficient (Wildman–Crippen LogP) is 2.80. The maximum absolute atomic E-state index is 5.09. The Morgan fingerprint density at radius 3 is 2.92 bits per heavy atom. The quantitative estimate of drug-likeness (QED) is 0.662. The van der Waals surface area contributed by atoms with E-state index in [0.717, 1.165) is 11.0 Å². The molecule has 0 spiro atoms. The molecule has 1 N–H and O–H groups in total. The second-order valence-electron chi connectivity index (χ2n) is 2.50. The Morgan fingerprint density at radius 1 is 1.42 bits per heavy atom. The van der Waals surface area contributed by atoms with Gasteiger partial charge in [0.25, 0.3) is 0 Å². The van der Waals surface area contributed by atoms with Crippen LogP contribution in [-0.2, 0) is 0 Å². The minimum atomic E-state index is 0.686. The fourth-order valence-electron chi connectivity index (χ4n) is 1.26. The average molecular weight is 176 g/mol. The molecule has 0 saturated carbocycles. The van der Waals surface area contributed by atoms with Crippen molar-refractivity contribution in [1.29, 1.82) is 0 Å². The lowest BCUT2D eigenvalue weighted by Crippen LogP contribution is -1.82. The molecule has 1 heterocycles. The summed E-state index contributed by atoms with van der Waals surface area (Å²) in [5, 5.41) is 0. The molecular weight excluding hydrogens is 168 g/mol. The van der Waals surface area contributed by atoms with Crippen molar-refractivity contribution in [2.75, 3.05) is 0 Å². The van der Waals surface area contributed by atoms with Gasteiger partial charge in [-0.2, -0.15) is 0 Å². The highest BCUT2D eigenvalue weighted by Crippen LogP contribution is 2.12. The summed E-state index contributed by atoms with van der Waals surface area (Å²) in [7, 11) is 0. The Bertz CT molecular complexity index is 478. The Labute approximate surface area is 75.2 Å². The van der Waals surface area contributed by atoms with Gasteiger partial charge in [-0.05, 0) is 24.4 Å². The Morgan fingerprint density at radius 2 is 2.17 bits per heavy atom. The first kappa shape index (κ1) is 7.31. The standard InChI is InChI=1S/C9H8N2S/c1-2-11-8-6-4-3-5-7(8)10-9(11)12/h2-6H,1H2,(H,10,12). The van der Waals surface area contributed by atoms with Crippen LogP contribution in [0.4, 0.5) is 0 Å². The van der Waals surface area contributed by atoms with E-state index in [1.165, 1.54) is 0 Å². The summed E-state index contributed by atoms with van der Waals surface area (Å²) in [6, 6.07) is 7.94. The van der Waals surface area contributed by atoms with E-state index in [1.807, 2.05) is 28.8 Å². The normalized spacial score (nSPS) is 10.3. The van der Waals surface area contributed by atoms with E-state index in [4.69, 9.17) is 12.2 Å². The van der Waals surface area contributed by atoms with E-state index >= 15 is 0 Å². The lowest BCUT2D eigenvalue weighted by atomic mass is 10.3. The molecule has 0 amide bonds. The maximum Gasteiger partial charge on any atom is 0.182 e. The molecule has 2 aromatic rings. The topological polar surface area (TPSA) is 20.7 Å². The SMILES string of the molecule is C=Cn1c(=S)[nH]c2ccccc21. The van der Waals surface area contributed by atoms with E-state index < -0.39 is 0 Å². The number of rotatable bonds is 1. The molecule has 0 aliphatic carbocycles. The molecular formula is C9H8N2S. The average Bonchev–Trinajstić information content (AvgIpc) is 2.40. The zero-order chi connectivity index (χ0) is 8.55. The zero-order valence-electron chi connectivity index (χ0n) is 6.45. The van der Waals surface area contributed by atoms with Crippen molar-refractivity contribution in [3.8, 4) is 0 Å². The second kappa shape index (κ2) is 2.60. The molecule has 0 aliphatic rings. The van der Waals surface area contributed by atoms with Crippen LogP contribution in [0.3, 0.4) is 0 Å². The summed E-state index contributed by atoms with van der Waals surface area (Å²) in [6.07, 6.45) is 1.71. The first-order chi connectivity index (χ1) is 5.83. The third-order valence-corrected chi connectivity index (χ3v) is 2.11. The largest absolute Gasteiger partial charge is 0.330 e. The van der Waals surface area contributed by atoms with Crippen molar-refractivity contribution in [2.45, 2.75) is 0 Å². The molecule has 0 atom stereocenters. The lowest BCUT2D eigenvalue weighted by molar-refractivity contribution is 1.14. The number of benzene rings is 1.